The number of nitrogens with zero attached hydrogens (tertiary/aromatic N) is 2. The maximum Gasteiger partial charge on any atom is 0.232 e. The molecule has 0 aliphatic heterocycles. The minimum atomic E-state index is 0.314. The molecule has 0 bridgehead atoms. The molecule has 5 heteroatoms. The highest BCUT2D eigenvalue weighted by molar-refractivity contribution is 9.10. The standard InChI is InChI=1S/C20H15BrN2O2/c1-24-16-9-5-13(6-10-16)17-11-19(14-3-7-15(21)8-4-14)23-20(25-2)18(17)12-22/h3-11H,1-2H3. The lowest BCUT2D eigenvalue weighted by atomic mass is 9.98. The first-order valence-electron chi connectivity index (χ1n) is 7.55. The fraction of sp³-hybridized carbons (Fsp3) is 0.100. The molecule has 4 nitrogen and oxygen atoms in total. The van der Waals surface area contributed by atoms with Gasteiger partial charge in [0.05, 0.1) is 19.9 Å². The number of aromatic nitrogens is 1. The van der Waals surface area contributed by atoms with Crippen molar-refractivity contribution in [3.05, 3.63) is 64.6 Å². The average Bonchev–Trinajstić information content (AvgIpc) is 2.67. The van der Waals surface area contributed by atoms with Gasteiger partial charge in [0.15, 0.2) is 0 Å². The van der Waals surface area contributed by atoms with Gasteiger partial charge >= 0.3 is 0 Å². The predicted octanol–water partition coefficient (Wildman–Crippen LogP) is 5.07. The van der Waals surface area contributed by atoms with Crippen LogP contribution >= 0.6 is 15.9 Å². The van der Waals surface area contributed by atoms with Crippen molar-refractivity contribution in [1.29, 1.82) is 5.26 Å². The molecule has 0 unspecified atom stereocenters. The summed E-state index contributed by atoms with van der Waals surface area (Å²) in [5, 5.41) is 9.59. The Labute approximate surface area is 154 Å². The van der Waals surface area contributed by atoms with E-state index in [2.05, 4.69) is 27.0 Å². The van der Waals surface area contributed by atoms with Crippen LogP contribution in [0.3, 0.4) is 0 Å². The van der Waals surface area contributed by atoms with Crippen LogP contribution in [0.2, 0.25) is 0 Å². The van der Waals surface area contributed by atoms with Crippen molar-refractivity contribution >= 4 is 15.9 Å². The SMILES string of the molecule is COc1ccc(-c2cc(-c3ccc(Br)cc3)nc(OC)c2C#N)cc1. The average molecular weight is 395 g/mol. The van der Waals surface area contributed by atoms with Gasteiger partial charge in [-0.1, -0.05) is 40.2 Å². The Balaban J connectivity index is 2.19. The molecule has 124 valence electrons. The third kappa shape index (κ3) is 3.49. The first kappa shape index (κ1) is 17.0. The molecule has 3 rings (SSSR count). The van der Waals surface area contributed by atoms with Crippen LogP contribution in [0.15, 0.2) is 59.1 Å². The number of hydrogen-bond acceptors (Lipinski definition) is 4. The first-order chi connectivity index (χ1) is 12.2. The highest BCUT2D eigenvalue weighted by atomic mass is 79.9. The van der Waals surface area contributed by atoms with Crippen molar-refractivity contribution in [3.8, 4) is 40.1 Å². The lowest BCUT2D eigenvalue weighted by Crippen LogP contribution is -1.97. The van der Waals surface area contributed by atoms with E-state index < -0.39 is 0 Å². The summed E-state index contributed by atoms with van der Waals surface area (Å²) in [7, 11) is 3.14. The van der Waals surface area contributed by atoms with E-state index in [9.17, 15) is 5.26 Å². The Morgan fingerprint density at radius 3 is 2.12 bits per heavy atom. The second-order valence-corrected chi connectivity index (χ2v) is 6.20. The molecule has 1 heterocycles. The van der Waals surface area contributed by atoms with E-state index in [1.807, 2.05) is 54.6 Å². The third-order valence-electron chi connectivity index (χ3n) is 3.83. The van der Waals surface area contributed by atoms with Crippen molar-refractivity contribution in [2.75, 3.05) is 14.2 Å². The fourth-order valence-corrected chi connectivity index (χ4v) is 2.81. The Bertz CT molecular complexity index is 930. The summed E-state index contributed by atoms with van der Waals surface area (Å²) in [6, 6.07) is 19.5. The van der Waals surface area contributed by atoms with Gasteiger partial charge in [0.1, 0.15) is 17.4 Å². The van der Waals surface area contributed by atoms with Crippen molar-refractivity contribution in [2.24, 2.45) is 0 Å². The van der Waals surface area contributed by atoms with E-state index in [0.29, 0.717) is 11.4 Å². The molecule has 0 radical (unpaired) electrons. The second-order valence-electron chi connectivity index (χ2n) is 5.29. The lowest BCUT2D eigenvalue weighted by molar-refractivity contribution is 0.397. The molecule has 0 atom stereocenters. The summed E-state index contributed by atoms with van der Waals surface area (Å²) in [6.07, 6.45) is 0. The number of benzene rings is 2. The Morgan fingerprint density at radius 1 is 0.920 bits per heavy atom. The Morgan fingerprint density at radius 2 is 1.56 bits per heavy atom. The molecule has 0 spiro atoms. The summed E-state index contributed by atoms with van der Waals surface area (Å²) in [6.45, 7) is 0. The Hall–Kier alpha value is -2.84. The third-order valence-corrected chi connectivity index (χ3v) is 4.36. The molecular weight excluding hydrogens is 380 g/mol. The number of pyridine rings is 1. The molecule has 0 saturated heterocycles. The van der Waals surface area contributed by atoms with Crippen molar-refractivity contribution in [2.45, 2.75) is 0 Å². The zero-order valence-electron chi connectivity index (χ0n) is 13.8. The minimum Gasteiger partial charge on any atom is -0.497 e. The van der Waals surface area contributed by atoms with Crippen LogP contribution in [0.1, 0.15) is 5.56 Å². The van der Waals surface area contributed by atoms with E-state index >= 15 is 0 Å². The molecule has 0 N–H and O–H groups in total. The van der Waals surface area contributed by atoms with Crippen LogP contribution in [0.25, 0.3) is 22.4 Å². The molecule has 0 amide bonds. The zero-order valence-corrected chi connectivity index (χ0v) is 15.4. The summed E-state index contributed by atoms with van der Waals surface area (Å²) >= 11 is 3.43. The summed E-state index contributed by atoms with van der Waals surface area (Å²) < 4.78 is 11.6. The van der Waals surface area contributed by atoms with Gasteiger partial charge in [-0.2, -0.15) is 5.26 Å². The van der Waals surface area contributed by atoms with Crippen LogP contribution in [-0.4, -0.2) is 19.2 Å². The molecule has 0 saturated carbocycles. The summed E-state index contributed by atoms with van der Waals surface area (Å²) in [5.41, 5.74) is 3.77. The smallest absolute Gasteiger partial charge is 0.232 e. The molecular formula is C20H15BrN2O2. The highest BCUT2D eigenvalue weighted by Crippen LogP contribution is 2.34. The molecule has 0 aliphatic rings. The van der Waals surface area contributed by atoms with Gasteiger partial charge in [-0.25, -0.2) is 4.98 Å². The first-order valence-corrected chi connectivity index (χ1v) is 8.35. The van der Waals surface area contributed by atoms with E-state index in [0.717, 1.165) is 32.6 Å². The number of rotatable bonds is 4. The van der Waals surface area contributed by atoms with Crippen molar-refractivity contribution in [3.63, 3.8) is 0 Å². The number of methoxy groups -OCH3 is 2. The van der Waals surface area contributed by atoms with Gasteiger partial charge in [-0.15, -0.1) is 0 Å². The van der Waals surface area contributed by atoms with Gasteiger partial charge < -0.3 is 9.47 Å². The molecule has 2 aromatic carbocycles. The largest absolute Gasteiger partial charge is 0.497 e. The number of nitriles is 1. The quantitative estimate of drug-likeness (QED) is 0.619. The maximum atomic E-state index is 9.59. The number of ether oxygens (including phenoxy) is 2. The van der Waals surface area contributed by atoms with E-state index in [1.54, 1.807) is 7.11 Å². The number of halogens is 1. The van der Waals surface area contributed by atoms with Crippen molar-refractivity contribution in [1.82, 2.24) is 4.98 Å². The topological polar surface area (TPSA) is 55.1 Å². The van der Waals surface area contributed by atoms with Gasteiger partial charge in [-0.3, -0.25) is 0 Å². The van der Waals surface area contributed by atoms with Crippen LogP contribution in [0.5, 0.6) is 11.6 Å². The summed E-state index contributed by atoms with van der Waals surface area (Å²) in [5.74, 6) is 1.07. The lowest BCUT2D eigenvalue weighted by Gasteiger charge is -2.12. The van der Waals surface area contributed by atoms with Crippen molar-refractivity contribution < 1.29 is 9.47 Å². The zero-order chi connectivity index (χ0) is 17.8. The maximum absolute atomic E-state index is 9.59. The molecule has 25 heavy (non-hydrogen) atoms. The van der Waals surface area contributed by atoms with Gasteiger partial charge in [0.25, 0.3) is 0 Å². The normalized spacial score (nSPS) is 10.2. The van der Waals surface area contributed by atoms with Crippen LogP contribution in [-0.2, 0) is 0 Å². The highest BCUT2D eigenvalue weighted by Gasteiger charge is 2.16. The summed E-state index contributed by atoms with van der Waals surface area (Å²) in [4.78, 5) is 4.50. The van der Waals surface area contributed by atoms with E-state index in [4.69, 9.17) is 9.47 Å². The van der Waals surface area contributed by atoms with E-state index in [1.165, 1.54) is 7.11 Å². The van der Waals surface area contributed by atoms with Crippen LogP contribution < -0.4 is 9.47 Å². The molecule has 0 aliphatic carbocycles. The Kier molecular flexibility index (Phi) is 5.01. The molecule has 1 aromatic heterocycles. The fourth-order valence-electron chi connectivity index (χ4n) is 2.54. The predicted molar refractivity (Wildman–Crippen MR) is 101 cm³/mol. The second kappa shape index (κ2) is 7.37. The van der Waals surface area contributed by atoms with Crippen LogP contribution in [0, 0.1) is 11.3 Å². The van der Waals surface area contributed by atoms with Gasteiger partial charge in [-0.05, 0) is 35.9 Å². The minimum absolute atomic E-state index is 0.314. The van der Waals surface area contributed by atoms with Crippen LogP contribution in [0.4, 0.5) is 0 Å². The monoisotopic (exact) mass is 394 g/mol. The molecule has 3 aromatic rings. The van der Waals surface area contributed by atoms with Gasteiger partial charge in [0.2, 0.25) is 5.88 Å². The number of hydrogen-bond donors (Lipinski definition) is 0. The molecule has 0 fully saturated rings. The van der Waals surface area contributed by atoms with E-state index in [-0.39, 0.29) is 0 Å². The van der Waals surface area contributed by atoms with Gasteiger partial charge in [0, 0.05) is 15.6 Å².